The molecule has 0 bridgehead atoms. The van der Waals surface area contributed by atoms with Gasteiger partial charge in [0.2, 0.25) is 0 Å². The highest BCUT2D eigenvalue weighted by molar-refractivity contribution is 9.10. The molecule has 4 nitrogen and oxygen atoms in total. The van der Waals surface area contributed by atoms with Gasteiger partial charge in [-0.15, -0.1) is 0 Å². The van der Waals surface area contributed by atoms with E-state index in [1.807, 2.05) is 6.20 Å². The second-order valence-corrected chi connectivity index (χ2v) is 6.73. The predicted octanol–water partition coefficient (Wildman–Crippen LogP) is 3.69. The van der Waals surface area contributed by atoms with Crippen LogP contribution in [0.25, 0.3) is 0 Å². The minimum absolute atomic E-state index is 0.298. The van der Waals surface area contributed by atoms with Crippen LogP contribution in [0.5, 0.6) is 0 Å². The van der Waals surface area contributed by atoms with Crippen molar-refractivity contribution >= 4 is 15.9 Å². The van der Waals surface area contributed by atoms with Gasteiger partial charge in [-0.3, -0.25) is 4.68 Å². The summed E-state index contributed by atoms with van der Waals surface area (Å²) < 4.78 is 9.00. The molecule has 0 aliphatic carbocycles. The SMILES string of the molecule is CCCNC(c1c(Br)cnn1C(C)C)C1CCOC1C. The van der Waals surface area contributed by atoms with Crippen LogP contribution in [-0.4, -0.2) is 29.0 Å². The summed E-state index contributed by atoms with van der Waals surface area (Å²) in [5.74, 6) is 0.507. The van der Waals surface area contributed by atoms with Crippen LogP contribution in [-0.2, 0) is 4.74 Å². The third kappa shape index (κ3) is 3.26. The van der Waals surface area contributed by atoms with E-state index in [1.165, 1.54) is 5.69 Å². The Morgan fingerprint density at radius 2 is 2.30 bits per heavy atom. The highest BCUT2D eigenvalue weighted by Gasteiger charge is 2.35. The second kappa shape index (κ2) is 7.05. The Balaban J connectivity index is 2.32. The first kappa shape index (κ1) is 16.0. The normalized spacial score (nSPS) is 24.5. The van der Waals surface area contributed by atoms with E-state index in [4.69, 9.17) is 4.74 Å². The molecule has 1 fully saturated rings. The van der Waals surface area contributed by atoms with Crippen LogP contribution in [0.15, 0.2) is 10.7 Å². The molecule has 2 rings (SSSR count). The van der Waals surface area contributed by atoms with Gasteiger partial charge < -0.3 is 10.1 Å². The molecule has 114 valence electrons. The average Bonchev–Trinajstić information content (AvgIpc) is 2.98. The lowest BCUT2D eigenvalue weighted by molar-refractivity contribution is 0.0940. The van der Waals surface area contributed by atoms with E-state index in [0.29, 0.717) is 24.1 Å². The van der Waals surface area contributed by atoms with Crippen molar-refractivity contribution in [3.63, 3.8) is 0 Å². The summed E-state index contributed by atoms with van der Waals surface area (Å²) in [6, 6.07) is 0.659. The molecule has 1 aromatic heterocycles. The van der Waals surface area contributed by atoms with Gasteiger partial charge in [0.15, 0.2) is 0 Å². The predicted molar refractivity (Wildman–Crippen MR) is 84.9 cm³/mol. The number of nitrogens with one attached hydrogen (secondary N) is 1. The average molecular weight is 344 g/mol. The summed E-state index contributed by atoms with van der Waals surface area (Å²) in [6.45, 7) is 10.6. The van der Waals surface area contributed by atoms with E-state index < -0.39 is 0 Å². The van der Waals surface area contributed by atoms with Crippen LogP contribution in [0, 0.1) is 5.92 Å². The van der Waals surface area contributed by atoms with Crippen LogP contribution < -0.4 is 5.32 Å². The van der Waals surface area contributed by atoms with Crippen LogP contribution in [0.1, 0.15) is 58.3 Å². The van der Waals surface area contributed by atoms with Gasteiger partial charge in [-0.25, -0.2) is 0 Å². The first-order chi connectivity index (χ1) is 9.56. The Bertz CT molecular complexity index is 433. The highest BCUT2D eigenvalue weighted by atomic mass is 79.9. The maximum Gasteiger partial charge on any atom is 0.0702 e. The first-order valence-corrected chi connectivity index (χ1v) is 8.43. The molecule has 5 heteroatoms. The Labute approximate surface area is 130 Å². The molecule has 3 unspecified atom stereocenters. The molecule has 3 atom stereocenters. The van der Waals surface area contributed by atoms with Gasteiger partial charge in [0.05, 0.1) is 28.5 Å². The monoisotopic (exact) mass is 343 g/mol. The molecule has 2 heterocycles. The van der Waals surface area contributed by atoms with E-state index in [1.54, 1.807) is 0 Å². The summed E-state index contributed by atoms with van der Waals surface area (Å²) in [4.78, 5) is 0. The van der Waals surface area contributed by atoms with Gasteiger partial charge in [0.25, 0.3) is 0 Å². The Morgan fingerprint density at radius 3 is 2.85 bits per heavy atom. The molecule has 20 heavy (non-hydrogen) atoms. The Kier molecular flexibility index (Phi) is 5.64. The summed E-state index contributed by atoms with van der Waals surface area (Å²) in [5, 5.41) is 8.24. The molecule has 0 spiro atoms. The molecule has 1 saturated heterocycles. The molecular formula is C15H26BrN3O. The lowest BCUT2D eigenvalue weighted by Crippen LogP contribution is -2.34. The smallest absolute Gasteiger partial charge is 0.0702 e. The van der Waals surface area contributed by atoms with Gasteiger partial charge in [-0.1, -0.05) is 6.92 Å². The molecule has 0 amide bonds. The minimum atomic E-state index is 0.298. The summed E-state index contributed by atoms with van der Waals surface area (Å²) >= 11 is 3.68. The van der Waals surface area contributed by atoms with Crippen LogP contribution in [0.3, 0.4) is 0 Å². The maximum atomic E-state index is 5.78. The van der Waals surface area contributed by atoms with E-state index in [0.717, 1.165) is 30.5 Å². The number of rotatable bonds is 6. The van der Waals surface area contributed by atoms with E-state index >= 15 is 0 Å². The van der Waals surface area contributed by atoms with Crippen molar-refractivity contribution in [2.45, 2.75) is 58.7 Å². The largest absolute Gasteiger partial charge is 0.378 e. The fourth-order valence-corrected chi connectivity index (χ4v) is 3.51. The molecule has 1 aliphatic heterocycles. The number of ether oxygens (including phenoxy) is 1. The summed E-state index contributed by atoms with van der Waals surface area (Å²) in [6.07, 6.45) is 4.45. The van der Waals surface area contributed by atoms with Crippen molar-refractivity contribution in [1.29, 1.82) is 0 Å². The van der Waals surface area contributed by atoms with Gasteiger partial charge in [-0.05, 0) is 56.1 Å². The zero-order valence-electron chi connectivity index (χ0n) is 12.9. The molecule has 1 aliphatic rings. The van der Waals surface area contributed by atoms with E-state index in [2.05, 4.69) is 58.7 Å². The number of nitrogens with zero attached hydrogens (tertiary/aromatic N) is 2. The highest BCUT2D eigenvalue weighted by Crippen LogP contribution is 2.37. The van der Waals surface area contributed by atoms with Crippen LogP contribution in [0.4, 0.5) is 0 Å². The van der Waals surface area contributed by atoms with Gasteiger partial charge in [0, 0.05) is 18.6 Å². The summed E-state index contributed by atoms with van der Waals surface area (Å²) in [7, 11) is 0. The third-order valence-corrected chi connectivity index (χ3v) is 4.66. The van der Waals surface area contributed by atoms with Crippen molar-refractivity contribution in [3.05, 3.63) is 16.4 Å². The number of halogens is 1. The Morgan fingerprint density at radius 1 is 1.55 bits per heavy atom. The van der Waals surface area contributed by atoms with Crippen LogP contribution >= 0.6 is 15.9 Å². The molecule has 0 saturated carbocycles. The fraction of sp³-hybridized carbons (Fsp3) is 0.800. The van der Waals surface area contributed by atoms with Gasteiger partial charge >= 0.3 is 0 Å². The molecule has 0 radical (unpaired) electrons. The van der Waals surface area contributed by atoms with Crippen molar-refractivity contribution in [1.82, 2.24) is 15.1 Å². The van der Waals surface area contributed by atoms with Crippen molar-refractivity contribution < 1.29 is 4.74 Å². The lowest BCUT2D eigenvalue weighted by Gasteiger charge is -2.29. The molecule has 0 aromatic carbocycles. The lowest BCUT2D eigenvalue weighted by atomic mass is 9.90. The molecule has 1 N–H and O–H groups in total. The Hall–Kier alpha value is -0.390. The van der Waals surface area contributed by atoms with Gasteiger partial charge in [-0.2, -0.15) is 5.10 Å². The van der Waals surface area contributed by atoms with E-state index in [9.17, 15) is 0 Å². The van der Waals surface area contributed by atoms with E-state index in [-0.39, 0.29) is 0 Å². The first-order valence-electron chi connectivity index (χ1n) is 7.64. The molecule has 1 aromatic rings. The maximum absolute atomic E-state index is 5.78. The van der Waals surface area contributed by atoms with Crippen LogP contribution in [0.2, 0.25) is 0 Å². The summed E-state index contributed by atoms with van der Waals surface area (Å²) in [5.41, 5.74) is 1.26. The topological polar surface area (TPSA) is 39.1 Å². The number of aromatic nitrogens is 2. The fourth-order valence-electron chi connectivity index (χ4n) is 2.99. The zero-order chi connectivity index (χ0) is 14.7. The van der Waals surface area contributed by atoms with Crippen molar-refractivity contribution in [2.75, 3.05) is 13.2 Å². The third-order valence-electron chi connectivity index (χ3n) is 4.05. The standard InChI is InChI=1S/C15H26BrN3O/c1-5-7-17-14(12-6-8-20-11(12)4)15-13(16)9-18-19(15)10(2)3/h9-12,14,17H,5-8H2,1-4H3. The van der Waals surface area contributed by atoms with Crippen molar-refractivity contribution in [2.24, 2.45) is 5.92 Å². The quantitative estimate of drug-likeness (QED) is 0.855. The number of hydrogen-bond acceptors (Lipinski definition) is 3. The van der Waals surface area contributed by atoms with Gasteiger partial charge in [0.1, 0.15) is 0 Å². The molecular weight excluding hydrogens is 318 g/mol. The second-order valence-electron chi connectivity index (χ2n) is 5.88. The minimum Gasteiger partial charge on any atom is -0.378 e. The van der Waals surface area contributed by atoms with Crippen molar-refractivity contribution in [3.8, 4) is 0 Å². The zero-order valence-corrected chi connectivity index (χ0v) is 14.5. The number of hydrogen-bond donors (Lipinski definition) is 1.